The second-order valence-corrected chi connectivity index (χ2v) is 5.30. The van der Waals surface area contributed by atoms with Crippen LogP contribution < -0.4 is 19.5 Å². The maximum absolute atomic E-state index is 12.1. The lowest BCUT2D eigenvalue weighted by Crippen LogP contribution is -2.09. The number of nitrogens with zero attached hydrogens (tertiary/aromatic N) is 1. The molecule has 0 spiro atoms. The first-order chi connectivity index (χ1) is 12.6. The second-order valence-electron chi connectivity index (χ2n) is 5.30. The zero-order chi connectivity index (χ0) is 18.5. The molecule has 0 aliphatic carbocycles. The zero-order valence-corrected chi connectivity index (χ0v) is 13.9. The Morgan fingerprint density at radius 3 is 2.85 bits per heavy atom. The van der Waals surface area contributed by atoms with E-state index < -0.39 is 10.8 Å². The summed E-state index contributed by atoms with van der Waals surface area (Å²) in [4.78, 5) is 22.7. The highest BCUT2D eigenvalue weighted by Gasteiger charge is 2.17. The van der Waals surface area contributed by atoms with Gasteiger partial charge in [-0.15, -0.1) is 0 Å². The maximum atomic E-state index is 12.1. The van der Waals surface area contributed by atoms with E-state index in [1.807, 2.05) is 0 Å². The van der Waals surface area contributed by atoms with Crippen molar-refractivity contribution in [3.05, 3.63) is 58.2 Å². The van der Waals surface area contributed by atoms with E-state index in [2.05, 4.69) is 5.32 Å². The highest BCUT2D eigenvalue weighted by Crippen LogP contribution is 2.33. The number of nitro benzene ring substituents is 1. The van der Waals surface area contributed by atoms with Gasteiger partial charge in [0.05, 0.1) is 17.6 Å². The van der Waals surface area contributed by atoms with Crippen molar-refractivity contribution < 1.29 is 23.9 Å². The first kappa shape index (κ1) is 17.3. The first-order valence-corrected chi connectivity index (χ1v) is 7.87. The minimum Gasteiger partial charge on any atom is -0.494 e. The van der Waals surface area contributed by atoms with Gasteiger partial charge in [0.25, 0.3) is 5.69 Å². The summed E-state index contributed by atoms with van der Waals surface area (Å²) in [6.07, 6.45) is 2.87. The molecule has 0 radical (unpaired) electrons. The molecule has 134 valence electrons. The number of ether oxygens (including phenoxy) is 3. The summed E-state index contributed by atoms with van der Waals surface area (Å²) in [5.74, 6) is 1.13. The molecule has 0 unspecified atom stereocenters. The molecule has 0 aromatic heterocycles. The van der Waals surface area contributed by atoms with Crippen LogP contribution in [0.2, 0.25) is 0 Å². The molecular formula is C18H16N2O6. The molecular weight excluding hydrogens is 340 g/mol. The lowest BCUT2D eigenvalue weighted by atomic mass is 10.2. The van der Waals surface area contributed by atoms with Crippen molar-refractivity contribution in [2.45, 2.75) is 6.92 Å². The number of anilines is 1. The Morgan fingerprint density at radius 2 is 2.08 bits per heavy atom. The Bertz CT molecular complexity index is 878. The molecule has 2 aromatic rings. The van der Waals surface area contributed by atoms with Crippen LogP contribution in [0.4, 0.5) is 11.4 Å². The molecule has 3 rings (SSSR count). The quantitative estimate of drug-likeness (QED) is 0.484. The molecule has 2 aromatic carbocycles. The summed E-state index contributed by atoms with van der Waals surface area (Å²) in [6.45, 7) is 2.34. The van der Waals surface area contributed by atoms with Crippen LogP contribution in [0.15, 0.2) is 42.5 Å². The van der Waals surface area contributed by atoms with Gasteiger partial charge in [-0.2, -0.15) is 0 Å². The van der Waals surface area contributed by atoms with Crippen molar-refractivity contribution >= 4 is 23.4 Å². The molecule has 8 nitrogen and oxygen atoms in total. The molecule has 1 amide bonds. The fraction of sp³-hybridized carbons (Fsp3) is 0.167. The van der Waals surface area contributed by atoms with Crippen LogP contribution >= 0.6 is 0 Å². The van der Waals surface area contributed by atoms with E-state index in [0.29, 0.717) is 23.9 Å². The molecule has 0 saturated heterocycles. The van der Waals surface area contributed by atoms with Gasteiger partial charge < -0.3 is 19.5 Å². The monoisotopic (exact) mass is 356 g/mol. The predicted octanol–water partition coefficient (Wildman–Crippen LogP) is 3.37. The summed E-state index contributed by atoms with van der Waals surface area (Å²) in [6, 6.07) is 9.54. The van der Waals surface area contributed by atoms with Crippen molar-refractivity contribution in [1.82, 2.24) is 0 Å². The van der Waals surface area contributed by atoms with Crippen LogP contribution in [0.1, 0.15) is 12.5 Å². The van der Waals surface area contributed by atoms with Gasteiger partial charge in [0.15, 0.2) is 11.5 Å². The van der Waals surface area contributed by atoms with Crippen LogP contribution in [-0.2, 0) is 4.79 Å². The van der Waals surface area contributed by atoms with Gasteiger partial charge in [0.1, 0.15) is 11.4 Å². The van der Waals surface area contributed by atoms with Gasteiger partial charge in [-0.25, -0.2) is 0 Å². The summed E-state index contributed by atoms with van der Waals surface area (Å²) in [7, 11) is 0. The maximum Gasteiger partial charge on any atom is 0.296 e. The average Bonchev–Trinajstić information content (AvgIpc) is 3.09. The summed E-state index contributed by atoms with van der Waals surface area (Å²) < 4.78 is 15.7. The van der Waals surface area contributed by atoms with Crippen LogP contribution in [0.25, 0.3) is 6.08 Å². The molecule has 1 aliphatic heterocycles. The third kappa shape index (κ3) is 3.92. The van der Waals surface area contributed by atoms with E-state index in [1.165, 1.54) is 18.2 Å². The smallest absolute Gasteiger partial charge is 0.296 e. The third-order valence-electron chi connectivity index (χ3n) is 3.56. The van der Waals surface area contributed by atoms with Gasteiger partial charge in [0, 0.05) is 6.08 Å². The van der Waals surface area contributed by atoms with Gasteiger partial charge >= 0.3 is 0 Å². The molecule has 8 heteroatoms. The van der Waals surface area contributed by atoms with Crippen LogP contribution in [0.5, 0.6) is 17.2 Å². The number of nitrogens with one attached hydrogen (secondary N) is 1. The molecule has 0 saturated carbocycles. The first-order valence-electron chi connectivity index (χ1n) is 7.87. The summed E-state index contributed by atoms with van der Waals surface area (Å²) >= 11 is 0. The minimum atomic E-state index is -0.570. The lowest BCUT2D eigenvalue weighted by Gasteiger charge is -2.07. The lowest BCUT2D eigenvalue weighted by molar-refractivity contribution is -0.384. The number of rotatable bonds is 6. The van der Waals surface area contributed by atoms with Crippen LogP contribution in [-0.4, -0.2) is 24.2 Å². The second kappa shape index (κ2) is 7.56. The Labute approximate surface area is 149 Å². The summed E-state index contributed by atoms with van der Waals surface area (Å²) in [5, 5.41) is 13.7. The van der Waals surface area contributed by atoms with E-state index in [0.717, 1.165) is 5.56 Å². The van der Waals surface area contributed by atoms with Crippen molar-refractivity contribution in [1.29, 1.82) is 0 Å². The molecule has 0 bridgehead atoms. The van der Waals surface area contributed by atoms with E-state index >= 15 is 0 Å². The van der Waals surface area contributed by atoms with Crippen molar-refractivity contribution in [2.24, 2.45) is 0 Å². The molecule has 1 heterocycles. The van der Waals surface area contributed by atoms with Gasteiger partial charge in [0.2, 0.25) is 12.7 Å². The normalized spacial score (nSPS) is 12.2. The standard InChI is InChI=1S/C18H16N2O6/c1-2-24-13-5-6-14(15(10-13)20(22)23)19-18(21)8-4-12-3-7-16-17(9-12)26-11-25-16/h3-10H,2,11H2,1H3,(H,19,21). The van der Waals surface area contributed by atoms with Gasteiger partial charge in [-0.05, 0) is 42.8 Å². The zero-order valence-electron chi connectivity index (χ0n) is 13.9. The number of hydrogen-bond donors (Lipinski definition) is 1. The minimum absolute atomic E-state index is 0.0961. The van der Waals surface area contributed by atoms with Crippen molar-refractivity contribution in [3.8, 4) is 17.2 Å². The van der Waals surface area contributed by atoms with Gasteiger partial charge in [-0.3, -0.25) is 14.9 Å². The number of hydrogen-bond acceptors (Lipinski definition) is 6. The number of amides is 1. The predicted molar refractivity (Wildman–Crippen MR) is 94.5 cm³/mol. The number of carbonyl (C=O) groups excluding carboxylic acids is 1. The highest BCUT2D eigenvalue weighted by molar-refractivity contribution is 6.03. The van der Waals surface area contributed by atoms with E-state index in [9.17, 15) is 14.9 Å². The third-order valence-corrected chi connectivity index (χ3v) is 3.56. The Balaban J connectivity index is 1.72. The largest absolute Gasteiger partial charge is 0.494 e. The SMILES string of the molecule is CCOc1ccc(NC(=O)C=Cc2ccc3c(c2)OCO3)c([N+](=O)[O-])c1. The fourth-order valence-electron chi connectivity index (χ4n) is 2.39. The highest BCUT2D eigenvalue weighted by atomic mass is 16.7. The number of carbonyl (C=O) groups is 1. The van der Waals surface area contributed by atoms with E-state index in [4.69, 9.17) is 14.2 Å². The Kier molecular flexibility index (Phi) is 5.02. The number of benzene rings is 2. The van der Waals surface area contributed by atoms with E-state index in [-0.39, 0.29) is 18.2 Å². The molecule has 0 fully saturated rings. The van der Waals surface area contributed by atoms with Crippen molar-refractivity contribution in [2.75, 3.05) is 18.7 Å². The van der Waals surface area contributed by atoms with Crippen LogP contribution in [0, 0.1) is 10.1 Å². The summed E-state index contributed by atoms with van der Waals surface area (Å²) in [5.41, 5.74) is 0.602. The van der Waals surface area contributed by atoms with Crippen LogP contribution in [0.3, 0.4) is 0 Å². The molecule has 1 aliphatic rings. The van der Waals surface area contributed by atoms with E-state index in [1.54, 1.807) is 37.3 Å². The Hall–Kier alpha value is -3.55. The fourth-order valence-corrected chi connectivity index (χ4v) is 2.39. The molecule has 0 atom stereocenters. The topological polar surface area (TPSA) is 99.9 Å². The molecule has 1 N–H and O–H groups in total. The number of fused-ring (bicyclic) bond motifs is 1. The van der Waals surface area contributed by atoms with Gasteiger partial charge in [-0.1, -0.05) is 6.07 Å². The molecule has 26 heavy (non-hydrogen) atoms. The average molecular weight is 356 g/mol. The van der Waals surface area contributed by atoms with Crippen molar-refractivity contribution in [3.63, 3.8) is 0 Å². The Morgan fingerprint density at radius 1 is 1.27 bits per heavy atom. The number of nitro groups is 1.